The van der Waals surface area contributed by atoms with Gasteiger partial charge in [0.2, 0.25) is 0 Å². The van der Waals surface area contributed by atoms with Crippen molar-refractivity contribution in [2.75, 3.05) is 20.3 Å². The molecular weight excluding hydrogens is 454 g/mol. The van der Waals surface area contributed by atoms with Crippen LogP contribution in [0.5, 0.6) is 23.0 Å². The fraction of sp³-hybridized carbons (Fsp3) is 0.185. The van der Waals surface area contributed by atoms with E-state index < -0.39 is 0 Å². The number of para-hydroxylation sites is 1. The van der Waals surface area contributed by atoms with Crippen molar-refractivity contribution < 1.29 is 23.7 Å². The lowest BCUT2D eigenvalue weighted by Gasteiger charge is -2.13. The summed E-state index contributed by atoms with van der Waals surface area (Å²) in [6.07, 6.45) is 1.73. The van der Waals surface area contributed by atoms with Gasteiger partial charge in [0.25, 0.3) is 0 Å². The Balaban J connectivity index is 1.49. The quantitative estimate of drug-likeness (QED) is 0.163. The summed E-state index contributed by atoms with van der Waals surface area (Å²) < 4.78 is 22.3. The van der Waals surface area contributed by atoms with Crippen LogP contribution in [0.2, 0.25) is 5.02 Å². The third-order valence-corrected chi connectivity index (χ3v) is 5.46. The van der Waals surface area contributed by atoms with E-state index in [-0.39, 0.29) is 12.4 Å². The van der Waals surface area contributed by atoms with Gasteiger partial charge >= 0.3 is 5.97 Å². The molecule has 0 saturated carbocycles. The molecule has 0 aliphatic carbocycles. The molecule has 4 rings (SSSR count). The van der Waals surface area contributed by atoms with Crippen LogP contribution in [0.25, 0.3) is 10.9 Å². The van der Waals surface area contributed by atoms with Gasteiger partial charge in [-0.1, -0.05) is 35.9 Å². The zero-order valence-corrected chi connectivity index (χ0v) is 19.7. The molecule has 0 aliphatic rings. The molecule has 6 nitrogen and oxygen atoms in total. The number of halogens is 1. The van der Waals surface area contributed by atoms with Gasteiger partial charge in [0, 0.05) is 29.8 Å². The normalized spacial score (nSPS) is 10.8. The summed E-state index contributed by atoms with van der Waals surface area (Å²) >= 11 is 6.44. The number of carbonyl (C=O) groups is 1. The molecule has 0 bridgehead atoms. The predicted molar refractivity (Wildman–Crippen MR) is 131 cm³/mol. The summed E-state index contributed by atoms with van der Waals surface area (Å²) in [7, 11) is 1.64. The van der Waals surface area contributed by atoms with Crippen LogP contribution < -0.4 is 14.2 Å². The summed E-state index contributed by atoms with van der Waals surface area (Å²) in [4.78, 5) is 16.7. The molecule has 0 amide bonds. The maximum Gasteiger partial charge on any atom is 0.315 e. The Morgan fingerprint density at radius 3 is 2.53 bits per heavy atom. The first-order valence-corrected chi connectivity index (χ1v) is 11.1. The molecule has 0 N–H and O–H groups in total. The first-order chi connectivity index (χ1) is 16.5. The zero-order valence-electron chi connectivity index (χ0n) is 18.9. The lowest BCUT2D eigenvalue weighted by atomic mass is 10.1. The van der Waals surface area contributed by atoms with Gasteiger partial charge in [0.15, 0.2) is 0 Å². The average Bonchev–Trinajstić information content (AvgIpc) is 2.82. The van der Waals surface area contributed by atoms with E-state index in [1.807, 2.05) is 25.1 Å². The lowest BCUT2D eigenvalue weighted by Crippen LogP contribution is -2.11. The number of pyridine rings is 1. The van der Waals surface area contributed by atoms with Crippen LogP contribution in [0.3, 0.4) is 0 Å². The van der Waals surface area contributed by atoms with Gasteiger partial charge < -0.3 is 18.9 Å². The highest BCUT2D eigenvalue weighted by Crippen LogP contribution is 2.34. The summed E-state index contributed by atoms with van der Waals surface area (Å²) in [5, 5.41) is 1.27. The summed E-state index contributed by atoms with van der Waals surface area (Å²) in [6.45, 7) is 2.94. The first-order valence-electron chi connectivity index (χ1n) is 10.8. The van der Waals surface area contributed by atoms with Gasteiger partial charge in [0.1, 0.15) is 29.6 Å². The van der Waals surface area contributed by atoms with Crippen molar-refractivity contribution in [2.24, 2.45) is 0 Å². The number of benzene rings is 3. The SMILES string of the molecule is COCCOc1cc2nccc(Oc3ccc(CC(=O)Oc4ccccc4)c(Cl)c3)c2cc1C. The number of ether oxygens (including phenoxy) is 4. The fourth-order valence-electron chi connectivity index (χ4n) is 3.41. The molecular formula is C27H24ClNO5. The molecule has 1 aromatic heterocycles. The van der Waals surface area contributed by atoms with Crippen molar-refractivity contribution in [3.63, 3.8) is 0 Å². The van der Waals surface area contributed by atoms with Crippen LogP contribution in [0.4, 0.5) is 0 Å². The minimum absolute atomic E-state index is 0.0528. The molecule has 0 aliphatic heterocycles. The summed E-state index contributed by atoms with van der Waals surface area (Å²) in [6, 6.07) is 19.8. The highest BCUT2D eigenvalue weighted by molar-refractivity contribution is 6.31. The molecule has 174 valence electrons. The number of aryl methyl sites for hydroxylation is 1. The monoisotopic (exact) mass is 477 g/mol. The Bertz CT molecular complexity index is 1290. The third kappa shape index (κ3) is 5.84. The first kappa shape index (κ1) is 23.5. The van der Waals surface area contributed by atoms with E-state index in [9.17, 15) is 4.79 Å². The molecule has 34 heavy (non-hydrogen) atoms. The highest BCUT2D eigenvalue weighted by Gasteiger charge is 2.13. The summed E-state index contributed by atoms with van der Waals surface area (Å²) in [5.41, 5.74) is 2.37. The smallest absolute Gasteiger partial charge is 0.315 e. The number of methoxy groups -OCH3 is 1. The average molecular weight is 478 g/mol. The van der Waals surface area contributed by atoms with E-state index in [4.69, 9.17) is 30.5 Å². The van der Waals surface area contributed by atoms with Crippen LogP contribution in [0, 0.1) is 6.92 Å². The maximum absolute atomic E-state index is 12.3. The topological polar surface area (TPSA) is 66.9 Å². The number of hydrogen-bond acceptors (Lipinski definition) is 6. The Morgan fingerprint density at radius 1 is 0.941 bits per heavy atom. The van der Waals surface area contributed by atoms with Crippen molar-refractivity contribution in [2.45, 2.75) is 13.3 Å². The molecule has 7 heteroatoms. The molecule has 0 fully saturated rings. The van der Waals surface area contributed by atoms with Crippen molar-refractivity contribution in [1.29, 1.82) is 0 Å². The molecule has 0 spiro atoms. The molecule has 0 unspecified atom stereocenters. The Labute approximate surface area is 203 Å². The number of esters is 1. The second-order valence-electron chi connectivity index (χ2n) is 7.60. The molecule has 1 heterocycles. The minimum Gasteiger partial charge on any atom is -0.491 e. The maximum atomic E-state index is 12.3. The highest BCUT2D eigenvalue weighted by atomic mass is 35.5. The number of hydrogen-bond donors (Lipinski definition) is 0. The van der Waals surface area contributed by atoms with Gasteiger partial charge in [0.05, 0.1) is 18.5 Å². The molecule has 0 radical (unpaired) electrons. The predicted octanol–water partition coefficient (Wildman–Crippen LogP) is 6.16. The van der Waals surface area contributed by atoms with E-state index in [1.54, 1.807) is 61.8 Å². The van der Waals surface area contributed by atoms with Crippen LogP contribution in [0.15, 0.2) is 72.9 Å². The van der Waals surface area contributed by atoms with Crippen LogP contribution in [-0.4, -0.2) is 31.3 Å². The van der Waals surface area contributed by atoms with Gasteiger partial charge in [-0.05, 0) is 54.4 Å². The number of rotatable bonds is 9. The number of carbonyl (C=O) groups excluding carboxylic acids is 1. The van der Waals surface area contributed by atoms with E-state index in [2.05, 4.69) is 4.98 Å². The largest absolute Gasteiger partial charge is 0.491 e. The van der Waals surface area contributed by atoms with Crippen molar-refractivity contribution in [3.05, 3.63) is 89.1 Å². The van der Waals surface area contributed by atoms with E-state index in [0.717, 1.165) is 22.2 Å². The van der Waals surface area contributed by atoms with E-state index in [0.29, 0.717) is 41.0 Å². The van der Waals surface area contributed by atoms with Crippen LogP contribution >= 0.6 is 11.6 Å². The van der Waals surface area contributed by atoms with Crippen molar-refractivity contribution in [3.8, 4) is 23.0 Å². The van der Waals surface area contributed by atoms with Crippen LogP contribution in [0.1, 0.15) is 11.1 Å². The molecule has 3 aromatic carbocycles. The molecule has 0 atom stereocenters. The summed E-state index contributed by atoms with van der Waals surface area (Å²) in [5.74, 6) is 2.06. The standard InChI is InChI=1S/C27H24ClNO5/c1-18-14-22-24(17-26(18)32-13-12-31-2)29-11-10-25(22)33-21-9-8-19(23(28)16-21)15-27(30)34-20-6-4-3-5-7-20/h3-11,14,16-17H,12-13,15H2,1-2H3. The number of fused-ring (bicyclic) bond motifs is 1. The third-order valence-electron chi connectivity index (χ3n) is 5.11. The Kier molecular flexibility index (Phi) is 7.62. The zero-order chi connectivity index (χ0) is 23.9. The second kappa shape index (κ2) is 11.0. The van der Waals surface area contributed by atoms with E-state index in [1.165, 1.54) is 0 Å². The number of nitrogens with zero attached hydrogens (tertiary/aromatic N) is 1. The van der Waals surface area contributed by atoms with Gasteiger partial charge in [-0.3, -0.25) is 9.78 Å². The minimum atomic E-state index is -0.388. The van der Waals surface area contributed by atoms with E-state index >= 15 is 0 Å². The van der Waals surface area contributed by atoms with Crippen molar-refractivity contribution >= 4 is 28.5 Å². The van der Waals surface area contributed by atoms with Crippen molar-refractivity contribution in [1.82, 2.24) is 4.98 Å². The fourth-order valence-corrected chi connectivity index (χ4v) is 3.65. The van der Waals surface area contributed by atoms with Gasteiger partial charge in [-0.2, -0.15) is 0 Å². The van der Waals surface area contributed by atoms with Gasteiger partial charge in [-0.25, -0.2) is 0 Å². The van der Waals surface area contributed by atoms with Crippen LogP contribution in [-0.2, 0) is 16.0 Å². The Morgan fingerprint density at radius 2 is 1.76 bits per heavy atom. The van der Waals surface area contributed by atoms with Gasteiger partial charge in [-0.15, -0.1) is 0 Å². The lowest BCUT2D eigenvalue weighted by molar-refractivity contribution is -0.133. The number of aromatic nitrogens is 1. The second-order valence-corrected chi connectivity index (χ2v) is 8.01. The molecule has 4 aromatic rings. The molecule has 0 saturated heterocycles. The Hall–Kier alpha value is -3.61.